The second-order valence-corrected chi connectivity index (χ2v) is 7.58. The molecule has 0 saturated carbocycles. The average Bonchev–Trinajstić information content (AvgIpc) is 2.88. The molecule has 0 radical (unpaired) electrons. The third-order valence-corrected chi connectivity index (χ3v) is 4.95. The molecule has 0 amide bonds. The van der Waals surface area contributed by atoms with E-state index < -0.39 is 0 Å². The Morgan fingerprint density at radius 2 is 1.29 bits per heavy atom. The van der Waals surface area contributed by atoms with Gasteiger partial charge in [0.1, 0.15) is 11.5 Å². The number of nitrogens with two attached hydrogens (primary N) is 2. The van der Waals surface area contributed by atoms with Crippen LogP contribution in [0.15, 0.2) is 59.6 Å². The van der Waals surface area contributed by atoms with Gasteiger partial charge in [-0.3, -0.25) is 4.99 Å². The first-order valence-electron chi connectivity index (χ1n) is 11.3. The van der Waals surface area contributed by atoms with Gasteiger partial charge in [0.15, 0.2) is 5.96 Å². The zero-order valence-corrected chi connectivity index (χ0v) is 20.1. The molecule has 1 heterocycles. The number of guanidine groups is 1. The minimum Gasteiger partial charge on any atom is -0.497 e. The molecule has 0 unspecified atom stereocenters. The molecule has 0 saturated heterocycles. The van der Waals surface area contributed by atoms with E-state index in [9.17, 15) is 0 Å². The maximum Gasteiger partial charge on any atom is 0.317 e. The first kappa shape index (κ1) is 25.3. The third-order valence-electron chi connectivity index (χ3n) is 4.95. The number of aliphatic imine (C=N–C) groups is 1. The van der Waals surface area contributed by atoms with Gasteiger partial charge < -0.3 is 25.7 Å². The SMILES string of the molecule is COc1ccc(C=Cc2cc(C=Cc3ccc(OC)cc3)nc(OCCCCN=C(N)N)n2)cc1. The van der Waals surface area contributed by atoms with Crippen LogP contribution in [-0.2, 0) is 0 Å². The standard InChI is InChI=1S/C27H31N5O3/c1-33-24-13-7-20(8-14-24)5-11-22-19-23(12-6-21-9-15-25(34-2)16-10-21)32-27(31-22)35-18-4-3-17-30-26(28)29/h5-16,19H,3-4,17-18H2,1-2H3,(H4,28,29,30). The topological polar surface area (TPSA) is 118 Å². The predicted molar refractivity (Wildman–Crippen MR) is 141 cm³/mol. The second kappa shape index (κ2) is 13.4. The molecule has 35 heavy (non-hydrogen) atoms. The lowest BCUT2D eigenvalue weighted by molar-refractivity contribution is 0.283. The summed E-state index contributed by atoms with van der Waals surface area (Å²) >= 11 is 0. The van der Waals surface area contributed by atoms with Gasteiger partial charge in [-0.05, 0) is 66.5 Å². The molecule has 3 aromatic rings. The summed E-state index contributed by atoms with van der Waals surface area (Å²) in [6.07, 6.45) is 9.41. The van der Waals surface area contributed by atoms with E-state index in [2.05, 4.69) is 15.0 Å². The van der Waals surface area contributed by atoms with Crippen LogP contribution in [0.5, 0.6) is 17.5 Å². The number of hydrogen-bond acceptors (Lipinski definition) is 6. The summed E-state index contributed by atoms with van der Waals surface area (Å²) in [6.45, 7) is 1.03. The Labute approximate surface area is 206 Å². The van der Waals surface area contributed by atoms with E-state index in [1.165, 1.54) is 0 Å². The van der Waals surface area contributed by atoms with Crippen molar-refractivity contribution in [2.45, 2.75) is 12.8 Å². The highest BCUT2D eigenvalue weighted by Crippen LogP contribution is 2.17. The number of benzene rings is 2. The van der Waals surface area contributed by atoms with E-state index in [0.29, 0.717) is 19.2 Å². The van der Waals surface area contributed by atoms with Gasteiger partial charge in [0.05, 0.1) is 32.2 Å². The van der Waals surface area contributed by atoms with Crippen molar-refractivity contribution in [2.75, 3.05) is 27.4 Å². The molecular weight excluding hydrogens is 442 g/mol. The van der Waals surface area contributed by atoms with Gasteiger partial charge in [0.2, 0.25) is 0 Å². The van der Waals surface area contributed by atoms with Gasteiger partial charge in [0.25, 0.3) is 0 Å². The fourth-order valence-electron chi connectivity index (χ4n) is 3.08. The summed E-state index contributed by atoms with van der Waals surface area (Å²) in [5.74, 6) is 1.72. The van der Waals surface area contributed by atoms with Crippen LogP contribution in [0.3, 0.4) is 0 Å². The van der Waals surface area contributed by atoms with Crippen LogP contribution >= 0.6 is 0 Å². The van der Waals surface area contributed by atoms with E-state index in [1.54, 1.807) is 14.2 Å². The van der Waals surface area contributed by atoms with Crippen molar-refractivity contribution in [3.05, 3.63) is 77.1 Å². The van der Waals surface area contributed by atoms with Crippen LogP contribution in [0.1, 0.15) is 35.4 Å². The lowest BCUT2D eigenvalue weighted by Gasteiger charge is -2.06. The van der Waals surface area contributed by atoms with Crippen LogP contribution < -0.4 is 25.7 Å². The van der Waals surface area contributed by atoms with Crippen LogP contribution in [0.2, 0.25) is 0 Å². The Hall–Kier alpha value is -4.33. The molecule has 8 nitrogen and oxygen atoms in total. The zero-order valence-electron chi connectivity index (χ0n) is 20.1. The van der Waals surface area contributed by atoms with Crippen molar-refractivity contribution in [1.82, 2.24) is 9.97 Å². The summed E-state index contributed by atoms with van der Waals surface area (Å²) < 4.78 is 16.3. The summed E-state index contributed by atoms with van der Waals surface area (Å²) in [4.78, 5) is 13.1. The molecule has 182 valence electrons. The highest BCUT2D eigenvalue weighted by Gasteiger charge is 2.04. The van der Waals surface area contributed by atoms with E-state index in [4.69, 9.17) is 25.7 Å². The van der Waals surface area contributed by atoms with Crippen LogP contribution in [0, 0.1) is 0 Å². The Bertz CT molecular complexity index is 1080. The summed E-state index contributed by atoms with van der Waals surface area (Å²) in [5, 5.41) is 0. The van der Waals surface area contributed by atoms with Crippen molar-refractivity contribution >= 4 is 30.3 Å². The Balaban J connectivity index is 1.75. The number of aromatic nitrogens is 2. The van der Waals surface area contributed by atoms with Crippen molar-refractivity contribution in [2.24, 2.45) is 16.5 Å². The number of rotatable bonds is 12. The van der Waals surface area contributed by atoms with Crippen LogP contribution in [0.4, 0.5) is 0 Å². The lowest BCUT2D eigenvalue weighted by atomic mass is 10.1. The molecule has 0 atom stereocenters. The molecule has 1 aromatic heterocycles. The molecule has 0 spiro atoms. The highest BCUT2D eigenvalue weighted by molar-refractivity contribution is 5.75. The van der Waals surface area contributed by atoms with Gasteiger partial charge in [-0.2, -0.15) is 9.97 Å². The fourth-order valence-corrected chi connectivity index (χ4v) is 3.08. The maximum atomic E-state index is 5.82. The van der Waals surface area contributed by atoms with Crippen molar-refractivity contribution < 1.29 is 14.2 Å². The van der Waals surface area contributed by atoms with Crippen LogP contribution in [-0.4, -0.2) is 43.3 Å². The van der Waals surface area contributed by atoms with E-state index in [-0.39, 0.29) is 5.96 Å². The molecule has 3 rings (SSSR count). The monoisotopic (exact) mass is 473 g/mol. The first-order valence-corrected chi connectivity index (χ1v) is 11.3. The normalized spacial score (nSPS) is 11.0. The van der Waals surface area contributed by atoms with Gasteiger partial charge >= 0.3 is 6.01 Å². The van der Waals surface area contributed by atoms with E-state index in [1.807, 2.05) is 78.9 Å². The van der Waals surface area contributed by atoms with Crippen molar-refractivity contribution in [3.63, 3.8) is 0 Å². The van der Waals surface area contributed by atoms with Gasteiger partial charge in [-0.15, -0.1) is 0 Å². The van der Waals surface area contributed by atoms with E-state index in [0.717, 1.165) is 46.9 Å². The Morgan fingerprint density at radius 1 is 0.771 bits per heavy atom. The number of methoxy groups -OCH3 is 2. The number of nitrogens with zero attached hydrogens (tertiary/aromatic N) is 3. The van der Waals surface area contributed by atoms with Gasteiger partial charge in [-0.1, -0.05) is 36.4 Å². The largest absolute Gasteiger partial charge is 0.497 e. The molecular formula is C27H31N5O3. The molecule has 2 aromatic carbocycles. The molecule has 0 aliphatic rings. The number of ether oxygens (including phenoxy) is 3. The number of hydrogen-bond donors (Lipinski definition) is 2. The summed E-state index contributed by atoms with van der Waals surface area (Å²) in [7, 11) is 3.30. The van der Waals surface area contributed by atoms with Crippen LogP contribution in [0.25, 0.3) is 24.3 Å². The van der Waals surface area contributed by atoms with Crippen molar-refractivity contribution in [3.8, 4) is 17.5 Å². The van der Waals surface area contributed by atoms with Gasteiger partial charge in [-0.25, -0.2) is 0 Å². The fraction of sp³-hybridized carbons (Fsp3) is 0.222. The molecule has 0 fully saturated rings. The minimum absolute atomic E-state index is 0.0962. The number of unbranched alkanes of at least 4 members (excludes halogenated alkanes) is 1. The lowest BCUT2D eigenvalue weighted by Crippen LogP contribution is -2.23. The van der Waals surface area contributed by atoms with E-state index >= 15 is 0 Å². The smallest absolute Gasteiger partial charge is 0.317 e. The third kappa shape index (κ3) is 8.85. The molecule has 0 bridgehead atoms. The molecule has 4 N–H and O–H groups in total. The zero-order chi connectivity index (χ0) is 24.9. The minimum atomic E-state index is 0.0962. The summed E-state index contributed by atoms with van der Waals surface area (Å²) in [6, 6.07) is 17.8. The van der Waals surface area contributed by atoms with Crippen molar-refractivity contribution in [1.29, 1.82) is 0 Å². The molecule has 8 heteroatoms. The molecule has 0 aliphatic carbocycles. The Morgan fingerprint density at radius 3 is 1.74 bits per heavy atom. The quantitative estimate of drug-likeness (QED) is 0.229. The first-order chi connectivity index (χ1) is 17.1. The molecule has 0 aliphatic heterocycles. The second-order valence-electron chi connectivity index (χ2n) is 7.58. The Kier molecular flexibility index (Phi) is 9.68. The summed E-state index contributed by atoms with van der Waals surface area (Å²) in [5.41, 5.74) is 14.2. The van der Waals surface area contributed by atoms with Gasteiger partial charge in [0, 0.05) is 6.54 Å². The predicted octanol–water partition coefficient (Wildman–Crippen LogP) is 4.27. The average molecular weight is 474 g/mol. The maximum absolute atomic E-state index is 5.82. The highest BCUT2D eigenvalue weighted by atomic mass is 16.5.